The minimum absolute atomic E-state index is 0.236. The van der Waals surface area contributed by atoms with Gasteiger partial charge in [0.1, 0.15) is 0 Å². The van der Waals surface area contributed by atoms with Gasteiger partial charge in [0.05, 0.1) is 13.2 Å². The summed E-state index contributed by atoms with van der Waals surface area (Å²) in [5, 5.41) is 0. The molecular formula is C12H26O4Si. The highest BCUT2D eigenvalue weighted by atomic mass is 28.4. The SMILES string of the molecule is CCC(OC1(CC)OCCCO1)O[Si](C)(C)C. The lowest BCUT2D eigenvalue weighted by atomic mass is 10.3. The van der Waals surface area contributed by atoms with Crippen molar-refractivity contribution in [1.29, 1.82) is 0 Å². The van der Waals surface area contributed by atoms with Gasteiger partial charge in [-0.2, -0.15) is 0 Å². The van der Waals surface area contributed by atoms with E-state index in [0.717, 1.165) is 12.8 Å². The van der Waals surface area contributed by atoms with Gasteiger partial charge in [-0.25, -0.2) is 0 Å². The van der Waals surface area contributed by atoms with Crippen molar-refractivity contribution >= 4 is 8.32 Å². The number of ether oxygens (including phenoxy) is 3. The summed E-state index contributed by atoms with van der Waals surface area (Å²) in [4.78, 5) is 0. The molecule has 0 aromatic heterocycles. The highest BCUT2D eigenvalue weighted by Gasteiger charge is 2.37. The van der Waals surface area contributed by atoms with Crippen molar-refractivity contribution in [2.24, 2.45) is 0 Å². The summed E-state index contributed by atoms with van der Waals surface area (Å²) in [5.41, 5.74) is 0. The Morgan fingerprint density at radius 3 is 2.18 bits per heavy atom. The molecule has 0 amide bonds. The van der Waals surface area contributed by atoms with Crippen molar-refractivity contribution in [3.05, 3.63) is 0 Å². The number of rotatable bonds is 6. The predicted octanol–water partition coefficient (Wildman–Crippen LogP) is 3.09. The highest BCUT2D eigenvalue weighted by molar-refractivity contribution is 6.69. The molecule has 0 aromatic carbocycles. The van der Waals surface area contributed by atoms with Crippen LogP contribution in [0.4, 0.5) is 0 Å². The molecule has 1 unspecified atom stereocenters. The van der Waals surface area contributed by atoms with Crippen LogP contribution in [0.15, 0.2) is 0 Å². The lowest BCUT2D eigenvalue weighted by molar-refractivity contribution is -0.428. The summed E-state index contributed by atoms with van der Waals surface area (Å²) < 4.78 is 23.2. The van der Waals surface area contributed by atoms with Gasteiger partial charge >= 0.3 is 0 Å². The zero-order valence-electron chi connectivity index (χ0n) is 11.7. The Labute approximate surface area is 106 Å². The Morgan fingerprint density at radius 2 is 1.76 bits per heavy atom. The molecule has 0 aromatic rings. The molecule has 1 heterocycles. The highest BCUT2D eigenvalue weighted by Crippen LogP contribution is 2.27. The fourth-order valence-corrected chi connectivity index (χ4v) is 2.70. The number of hydrogen-bond donors (Lipinski definition) is 0. The maximum atomic E-state index is 5.97. The Bertz CT molecular complexity index is 221. The van der Waals surface area contributed by atoms with E-state index in [1.54, 1.807) is 0 Å². The van der Waals surface area contributed by atoms with Crippen LogP contribution in [0.3, 0.4) is 0 Å². The van der Waals surface area contributed by atoms with E-state index in [1.807, 2.05) is 6.92 Å². The molecule has 1 aliphatic rings. The molecule has 1 saturated heterocycles. The van der Waals surface area contributed by atoms with Crippen LogP contribution in [0.5, 0.6) is 0 Å². The molecular weight excluding hydrogens is 236 g/mol. The molecule has 0 N–H and O–H groups in total. The van der Waals surface area contributed by atoms with Crippen LogP contribution in [0, 0.1) is 0 Å². The lowest BCUT2D eigenvalue weighted by Gasteiger charge is -2.39. The van der Waals surface area contributed by atoms with Gasteiger partial charge in [0.2, 0.25) is 0 Å². The van der Waals surface area contributed by atoms with Gasteiger partial charge < -0.3 is 13.9 Å². The first kappa shape index (κ1) is 15.1. The molecule has 0 bridgehead atoms. The number of hydrogen-bond acceptors (Lipinski definition) is 4. The van der Waals surface area contributed by atoms with Crippen molar-refractivity contribution in [1.82, 2.24) is 0 Å². The third kappa shape index (κ3) is 5.05. The van der Waals surface area contributed by atoms with E-state index in [9.17, 15) is 0 Å². The minimum Gasteiger partial charge on any atom is -0.393 e. The molecule has 1 fully saturated rings. The standard InChI is InChI=1S/C12H26O4Si/c1-6-11(16-17(3,4)5)15-12(7-2)13-9-8-10-14-12/h11H,6-10H2,1-5H3. The zero-order valence-corrected chi connectivity index (χ0v) is 12.7. The molecule has 0 aliphatic carbocycles. The predicted molar refractivity (Wildman–Crippen MR) is 69.1 cm³/mol. The summed E-state index contributed by atoms with van der Waals surface area (Å²) >= 11 is 0. The first-order chi connectivity index (χ1) is 7.91. The normalized spacial score (nSPS) is 22.4. The van der Waals surface area contributed by atoms with Crippen LogP contribution in [0.1, 0.15) is 33.1 Å². The molecule has 1 rings (SSSR count). The van der Waals surface area contributed by atoms with E-state index in [-0.39, 0.29) is 6.29 Å². The van der Waals surface area contributed by atoms with Crippen LogP contribution in [0.25, 0.3) is 0 Å². The Hall–Kier alpha value is 0.0569. The van der Waals surface area contributed by atoms with Crippen LogP contribution >= 0.6 is 0 Å². The van der Waals surface area contributed by atoms with Gasteiger partial charge in [0.25, 0.3) is 5.97 Å². The van der Waals surface area contributed by atoms with E-state index >= 15 is 0 Å². The van der Waals surface area contributed by atoms with Crippen LogP contribution in [-0.2, 0) is 18.6 Å². The van der Waals surface area contributed by atoms with Crippen molar-refractivity contribution in [2.45, 2.75) is 65.0 Å². The molecule has 1 aliphatic heterocycles. The molecule has 0 radical (unpaired) electrons. The lowest BCUT2D eigenvalue weighted by Crippen LogP contribution is -2.47. The van der Waals surface area contributed by atoms with E-state index in [1.165, 1.54) is 0 Å². The van der Waals surface area contributed by atoms with Crippen molar-refractivity contribution in [3.63, 3.8) is 0 Å². The maximum Gasteiger partial charge on any atom is 0.284 e. The van der Waals surface area contributed by atoms with Gasteiger partial charge in [-0.3, -0.25) is 4.74 Å². The fourth-order valence-electron chi connectivity index (χ4n) is 1.70. The van der Waals surface area contributed by atoms with Crippen molar-refractivity contribution < 1.29 is 18.6 Å². The Kier molecular flexibility index (Phi) is 5.59. The quantitative estimate of drug-likeness (QED) is 0.544. The second-order valence-electron chi connectivity index (χ2n) is 5.27. The second-order valence-corrected chi connectivity index (χ2v) is 9.73. The van der Waals surface area contributed by atoms with Gasteiger partial charge in [-0.1, -0.05) is 13.8 Å². The molecule has 5 heteroatoms. The van der Waals surface area contributed by atoms with Gasteiger partial charge in [0, 0.05) is 6.42 Å². The molecule has 102 valence electrons. The maximum absolute atomic E-state index is 5.97. The monoisotopic (exact) mass is 262 g/mol. The summed E-state index contributed by atoms with van der Waals surface area (Å²) in [5.74, 6) is -0.890. The summed E-state index contributed by atoms with van der Waals surface area (Å²) in [6.45, 7) is 11.9. The van der Waals surface area contributed by atoms with E-state index < -0.39 is 14.3 Å². The average Bonchev–Trinajstić information content (AvgIpc) is 2.27. The topological polar surface area (TPSA) is 36.9 Å². The van der Waals surface area contributed by atoms with E-state index in [0.29, 0.717) is 19.6 Å². The summed E-state index contributed by atoms with van der Waals surface area (Å²) in [6, 6.07) is 0. The third-order valence-corrected chi connectivity index (χ3v) is 3.46. The van der Waals surface area contributed by atoms with Crippen LogP contribution in [-0.4, -0.2) is 33.8 Å². The van der Waals surface area contributed by atoms with Gasteiger partial charge in [-0.15, -0.1) is 0 Å². The van der Waals surface area contributed by atoms with Crippen molar-refractivity contribution in [3.8, 4) is 0 Å². The van der Waals surface area contributed by atoms with Gasteiger partial charge in [-0.05, 0) is 32.5 Å². The average molecular weight is 262 g/mol. The summed E-state index contributed by atoms with van der Waals surface area (Å²) in [7, 11) is -1.61. The molecule has 0 spiro atoms. The zero-order chi connectivity index (χ0) is 12.9. The second kappa shape index (κ2) is 6.29. The fraction of sp³-hybridized carbons (Fsp3) is 1.00. The van der Waals surface area contributed by atoms with E-state index in [4.69, 9.17) is 18.6 Å². The Balaban J connectivity index is 2.58. The first-order valence-electron chi connectivity index (χ1n) is 6.54. The first-order valence-corrected chi connectivity index (χ1v) is 9.95. The van der Waals surface area contributed by atoms with Crippen LogP contribution < -0.4 is 0 Å². The van der Waals surface area contributed by atoms with Crippen molar-refractivity contribution in [2.75, 3.05) is 13.2 Å². The largest absolute Gasteiger partial charge is 0.393 e. The summed E-state index contributed by atoms with van der Waals surface area (Å²) in [6.07, 6.45) is 2.17. The minimum atomic E-state index is -1.61. The van der Waals surface area contributed by atoms with E-state index in [2.05, 4.69) is 26.6 Å². The molecule has 0 saturated carbocycles. The van der Waals surface area contributed by atoms with Gasteiger partial charge in [0.15, 0.2) is 14.6 Å². The Morgan fingerprint density at radius 1 is 1.18 bits per heavy atom. The molecule has 17 heavy (non-hydrogen) atoms. The smallest absolute Gasteiger partial charge is 0.284 e. The molecule has 4 nitrogen and oxygen atoms in total. The van der Waals surface area contributed by atoms with Crippen LogP contribution in [0.2, 0.25) is 19.6 Å². The molecule has 1 atom stereocenters. The third-order valence-electron chi connectivity index (χ3n) is 2.49.